The van der Waals surface area contributed by atoms with Gasteiger partial charge in [0.25, 0.3) is 0 Å². The summed E-state index contributed by atoms with van der Waals surface area (Å²) < 4.78 is 11.1. The molecule has 0 atom stereocenters. The van der Waals surface area contributed by atoms with Crippen LogP contribution >= 0.6 is 0 Å². The van der Waals surface area contributed by atoms with Crippen LogP contribution in [0.15, 0.2) is 25.3 Å². The molecule has 0 rings (SSSR count). The first-order valence-electron chi connectivity index (χ1n) is 6.49. The molecule has 0 saturated carbocycles. The van der Waals surface area contributed by atoms with Crippen molar-refractivity contribution in [1.82, 2.24) is 0 Å². The van der Waals surface area contributed by atoms with E-state index in [2.05, 4.69) is 13.2 Å². The molecule has 0 amide bonds. The van der Waals surface area contributed by atoms with Gasteiger partial charge in [-0.1, -0.05) is 13.2 Å². The monoisotopic (exact) mass is 268 g/mol. The number of allylic oxidation sites excluding steroid dienone is 2. The lowest BCUT2D eigenvalue weighted by Crippen LogP contribution is -2.29. The third-order valence-corrected chi connectivity index (χ3v) is 2.49. The van der Waals surface area contributed by atoms with Gasteiger partial charge in [0.15, 0.2) is 17.4 Å². The maximum atomic E-state index is 11.0. The quantitative estimate of drug-likeness (QED) is 0.310. The summed E-state index contributed by atoms with van der Waals surface area (Å²) in [4.78, 5) is 22.0. The molecule has 0 aliphatic carbocycles. The summed E-state index contributed by atoms with van der Waals surface area (Å²) >= 11 is 0. The predicted molar refractivity (Wildman–Crippen MR) is 74.9 cm³/mol. The van der Waals surface area contributed by atoms with Crippen molar-refractivity contribution < 1.29 is 19.1 Å². The summed E-state index contributed by atoms with van der Waals surface area (Å²) in [6.45, 7) is 11.4. The van der Waals surface area contributed by atoms with Gasteiger partial charge in [-0.25, -0.2) is 0 Å². The molecule has 0 aromatic carbocycles. The molecule has 0 unspecified atom stereocenters. The normalized spacial score (nSPS) is 11.1. The average Bonchev–Trinajstić information content (AvgIpc) is 2.39. The largest absolute Gasteiger partial charge is 0.351 e. The number of hydrogen-bond donors (Lipinski definition) is 0. The second-order valence-corrected chi connectivity index (χ2v) is 4.64. The molecule has 0 bridgehead atoms. The summed E-state index contributed by atoms with van der Waals surface area (Å²) in [5, 5.41) is 0. The highest BCUT2D eigenvalue weighted by Gasteiger charge is 2.18. The van der Waals surface area contributed by atoms with Crippen LogP contribution in [-0.4, -0.2) is 30.6 Å². The molecule has 19 heavy (non-hydrogen) atoms. The van der Waals surface area contributed by atoms with Crippen LogP contribution in [0.1, 0.15) is 39.5 Å². The zero-order valence-corrected chi connectivity index (χ0v) is 11.9. The molecule has 0 aliphatic rings. The average molecular weight is 268 g/mol. The van der Waals surface area contributed by atoms with Gasteiger partial charge >= 0.3 is 0 Å². The Balaban J connectivity index is 3.67. The molecular weight excluding hydrogens is 244 g/mol. The van der Waals surface area contributed by atoms with E-state index in [1.807, 2.05) is 13.8 Å². The Morgan fingerprint density at radius 1 is 0.947 bits per heavy atom. The van der Waals surface area contributed by atoms with E-state index in [-0.39, 0.29) is 11.6 Å². The molecule has 0 aromatic rings. The molecule has 0 fully saturated rings. The van der Waals surface area contributed by atoms with Crippen LogP contribution in [0, 0.1) is 0 Å². The van der Waals surface area contributed by atoms with E-state index in [9.17, 15) is 9.59 Å². The topological polar surface area (TPSA) is 52.6 Å². The number of ketones is 2. The fourth-order valence-electron chi connectivity index (χ4n) is 1.37. The van der Waals surface area contributed by atoms with Crippen LogP contribution < -0.4 is 0 Å². The van der Waals surface area contributed by atoms with Crippen LogP contribution in [0.4, 0.5) is 0 Å². The van der Waals surface area contributed by atoms with Crippen LogP contribution in [0.3, 0.4) is 0 Å². The Hall–Kier alpha value is -1.26. The van der Waals surface area contributed by atoms with Crippen LogP contribution in [0.2, 0.25) is 0 Å². The van der Waals surface area contributed by atoms with E-state index >= 15 is 0 Å². The first-order valence-corrected chi connectivity index (χ1v) is 6.49. The highest BCUT2D eigenvalue weighted by Crippen LogP contribution is 2.13. The molecule has 0 heterocycles. The van der Waals surface area contributed by atoms with Gasteiger partial charge in [0, 0.05) is 12.8 Å². The molecule has 0 aliphatic heterocycles. The first-order chi connectivity index (χ1) is 8.91. The van der Waals surface area contributed by atoms with Gasteiger partial charge in [0.05, 0.1) is 13.2 Å². The van der Waals surface area contributed by atoms with Crippen molar-refractivity contribution in [3.63, 3.8) is 0 Å². The van der Waals surface area contributed by atoms with Gasteiger partial charge in [-0.2, -0.15) is 0 Å². The molecule has 0 saturated heterocycles. The summed E-state index contributed by atoms with van der Waals surface area (Å²) in [5.41, 5.74) is 0. The lowest BCUT2D eigenvalue weighted by atomic mass is 10.2. The molecule has 0 radical (unpaired) electrons. The van der Waals surface area contributed by atoms with Gasteiger partial charge in [0.2, 0.25) is 0 Å². The standard InChI is InChI=1S/C15H24O4/c1-5-13(16)9-7-11-18-15(3,4)19-12-8-10-14(17)6-2/h5-6H,1-2,7-12H2,3-4H3. The van der Waals surface area contributed by atoms with Gasteiger partial charge in [-0.15, -0.1) is 0 Å². The van der Waals surface area contributed by atoms with E-state index in [0.29, 0.717) is 38.9 Å². The van der Waals surface area contributed by atoms with E-state index < -0.39 is 5.79 Å². The molecule has 4 heteroatoms. The lowest BCUT2D eigenvalue weighted by molar-refractivity contribution is -0.214. The number of carbonyl (C=O) groups excluding carboxylic acids is 2. The second kappa shape index (κ2) is 9.64. The highest BCUT2D eigenvalue weighted by molar-refractivity contribution is 5.89. The lowest BCUT2D eigenvalue weighted by Gasteiger charge is -2.25. The SMILES string of the molecule is C=CC(=O)CCCOC(C)(C)OCCCC(=O)C=C. The Morgan fingerprint density at radius 2 is 1.32 bits per heavy atom. The zero-order chi connectivity index (χ0) is 14.7. The van der Waals surface area contributed by atoms with Gasteiger partial charge in [-0.05, 0) is 38.8 Å². The number of carbonyl (C=O) groups is 2. The van der Waals surface area contributed by atoms with Crippen molar-refractivity contribution in [1.29, 1.82) is 0 Å². The zero-order valence-electron chi connectivity index (χ0n) is 11.9. The third kappa shape index (κ3) is 10.4. The van der Waals surface area contributed by atoms with E-state index in [1.54, 1.807) is 0 Å². The van der Waals surface area contributed by atoms with Crippen molar-refractivity contribution in [3.8, 4) is 0 Å². The van der Waals surface area contributed by atoms with Crippen molar-refractivity contribution in [2.24, 2.45) is 0 Å². The number of ether oxygens (including phenoxy) is 2. The van der Waals surface area contributed by atoms with Crippen molar-refractivity contribution >= 4 is 11.6 Å². The highest BCUT2D eigenvalue weighted by atomic mass is 16.7. The molecule has 0 spiro atoms. The van der Waals surface area contributed by atoms with E-state index in [1.165, 1.54) is 12.2 Å². The minimum absolute atomic E-state index is 0.0188. The van der Waals surface area contributed by atoms with Crippen molar-refractivity contribution in [2.45, 2.75) is 45.3 Å². The number of hydrogen-bond acceptors (Lipinski definition) is 4. The second-order valence-electron chi connectivity index (χ2n) is 4.64. The Kier molecular flexibility index (Phi) is 9.00. The van der Waals surface area contributed by atoms with Crippen molar-refractivity contribution in [3.05, 3.63) is 25.3 Å². The van der Waals surface area contributed by atoms with Gasteiger partial charge in [0.1, 0.15) is 0 Å². The summed E-state index contributed by atoms with van der Waals surface area (Å²) in [6, 6.07) is 0. The Morgan fingerprint density at radius 3 is 1.63 bits per heavy atom. The van der Waals surface area contributed by atoms with Crippen LogP contribution in [-0.2, 0) is 19.1 Å². The molecule has 108 valence electrons. The molecule has 4 nitrogen and oxygen atoms in total. The Bertz CT molecular complexity index is 288. The Labute approximate surface area is 115 Å². The minimum Gasteiger partial charge on any atom is -0.351 e. The first kappa shape index (κ1) is 17.7. The fourth-order valence-corrected chi connectivity index (χ4v) is 1.37. The summed E-state index contributed by atoms with van der Waals surface area (Å²) in [7, 11) is 0. The summed E-state index contributed by atoms with van der Waals surface area (Å²) in [6.07, 6.45) is 4.80. The number of rotatable bonds is 12. The minimum atomic E-state index is -0.700. The molecule has 0 N–H and O–H groups in total. The maximum Gasteiger partial charge on any atom is 0.162 e. The molecular formula is C15H24O4. The van der Waals surface area contributed by atoms with Gasteiger partial charge < -0.3 is 9.47 Å². The van der Waals surface area contributed by atoms with Crippen LogP contribution in [0.5, 0.6) is 0 Å². The van der Waals surface area contributed by atoms with Crippen molar-refractivity contribution in [2.75, 3.05) is 13.2 Å². The smallest absolute Gasteiger partial charge is 0.162 e. The van der Waals surface area contributed by atoms with E-state index in [0.717, 1.165) is 0 Å². The predicted octanol–water partition coefficient (Wildman–Crippen LogP) is 2.83. The van der Waals surface area contributed by atoms with Gasteiger partial charge in [-0.3, -0.25) is 9.59 Å². The molecule has 0 aromatic heterocycles. The maximum absolute atomic E-state index is 11.0. The van der Waals surface area contributed by atoms with E-state index in [4.69, 9.17) is 9.47 Å². The summed E-state index contributed by atoms with van der Waals surface area (Å²) in [5.74, 6) is -0.662. The van der Waals surface area contributed by atoms with Crippen LogP contribution in [0.25, 0.3) is 0 Å². The third-order valence-electron chi connectivity index (χ3n) is 2.49. The fraction of sp³-hybridized carbons (Fsp3) is 0.600.